The summed E-state index contributed by atoms with van der Waals surface area (Å²) < 4.78 is 5.18. The summed E-state index contributed by atoms with van der Waals surface area (Å²) in [5.41, 5.74) is 1.29. The van der Waals surface area contributed by atoms with Gasteiger partial charge in [0.25, 0.3) is 5.91 Å². The third-order valence-corrected chi connectivity index (χ3v) is 4.20. The highest BCUT2D eigenvalue weighted by atomic mass is 16.5. The zero-order valence-electron chi connectivity index (χ0n) is 12.9. The van der Waals surface area contributed by atoms with E-state index in [-0.39, 0.29) is 18.4 Å². The molecular formula is C16H17N3O4. The second kappa shape index (κ2) is 5.83. The number of aromatic nitrogens is 2. The lowest BCUT2D eigenvalue weighted by molar-refractivity contribution is -0.142. The van der Waals surface area contributed by atoms with E-state index >= 15 is 0 Å². The van der Waals surface area contributed by atoms with Crippen molar-refractivity contribution < 1.29 is 19.2 Å². The number of pyridine rings is 1. The van der Waals surface area contributed by atoms with E-state index < -0.39 is 11.9 Å². The van der Waals surface area contributed by atoms with Crippen molar-refractivity contribution in [1.29, 1.82) is 0 Å². The Kier molecular flexibility index (Phi) is 3.85. The van der Waals surface area contributed by atoms with Gasteiger partial charge in [0.1, 0.15) is 17.0 Å². The standard InChI is InChI=1S/C16H17N3O4/c1-9-7-19(8-11(9)16(21)22)15(20)13-10(2)23-18-14(13)12-5-3-4-6-17-12/h3-6,9,11H,7-8H2,1-2H3,(H,21,22)/t9-,11-/m1/s1. The molecule has 1 aliphatic heterocycles. The van der Waals surface area contributed by atoms with Gasteiger partial charge in [-0.1, -0.05) is 18.1 Å². The fourth-order valence-corrected chi connectivity index (χ4v) is 2.91. The normalized spacial score (nSPS) is 20.7. The number of aryl methyl sites for hydroxylation is 1. The molecule has 2 aromatic rings. The molecule has 2 aromatic heterocycles. The molecule has 0 bridgehead atoms. The molecule has 1 N–H and O–H groups in total. The summed E-state index contributed by atoms with van der Waals surface area (Å²) in [5, 5.41) is 13.2. The maximum atomic E-state index is 12.8. The average Bonchev–Trinajstić information content (AvgIpc) is 3.11. The molecule has 23 heavy (non-hydrogen) atoms. The predicted molar refractivity (Wildman–Crippen MR) is 80.7 cm³/mol. The molecule has 1 aliphatic rings. The van der Waals surface area contributed by atoms with Crippen LogP contribution in [0.4, 0.5) is 0 Å². The van der Waals surface area contributed by atoms with Crippen molar-refractivity contribution in [2.24, 2.45) is 11.8 Å². The third kappa shape index (κ3) is 2.69. The highest BCUT2D eigenvalue weighted by Crippen LogP contribution is 2.29. The lowest BCUT2D eigenvalue weighted by Crippen LogP contribution is -2.30. The predicted octanol–water partition coefficient (Wildman–Crippen LogP) is 1.84. The van der Waals surface area contributed by atoms with E-state index in [0.717, 1.165) is 0 Å². The fraction of sp³-hybridized carbons (Fsp3) is 0.375. The first-order valence-electron chi connectivity index (χ1n) is 7.38. The molecule has 0 spiro atoms. The van der Waals surface area contributed by atoms with Crippen LogP contribution in [0.15, 0.2) is 28.9 Å². The molecule has 7 nitrogen and oxygen atoms in total. The van der Waals surface area contributed by atoms with Gasteiger partial charge in [0.2, 0.25) is 0 Å². The Hall–Kier alpha value is -2.70. The average molecular weight is 315 g/mol. The van der Waals surface area contributed by atoms with Gasteiger partial charge in [-0.05, 0) is 25.0 Å². The van der Waals surface area contributed by atoms with Gasteiger partial charge in [0.15, 0.2) is 0 Å². The number of amides is 1. The fourth-order valence-electron chi connectivity index (χ4n) is 2.91. The molecule has 3 rings (SSSR count). The molecule has 0 saturated carbocycles. The number of hydrogen-bond acceptors (Lipinski definition) is 5. The van der Waals surface area contributed by atoms with Crippen molar-refractivity contribution in [3.05, 3.63) is 35.7 Å². The Morgan fingerprint density at radius 2 is 2.13 bits per heavy atom. The topological polar surface area (TPSA) is 96.5 Å². The Morgan fingerprint density at radius 3 is 2.74 bits per heavy atom. The zero-order valence-corrected chi connectivity index (χ0v) is 12.9. The van der Waals surface area contributed by atoms with Crippen molar-refractivity contribution in [3.63, 3.8) is 0 Å². The van der Waals surface area contributed by atoms with Crippen LogP contribution in [0, 0.1) is 18.8 Å². The summed E-state index contributed by atoms with van der Waals surface area (Å²) in [6.45, 7) is 4.11. The van der Waals surface area contributed by atoms with E-state index in [0.29, 0.717) is 29.3 Å². The van der Waals surface area contributed by atoms with Gasteiger partial charge in [-0.15, -0.1) is 0 Å². The van der Waals surface area contributed by atoms with E-state index in [4.69, 9.17) is 4.52 Å². The van der Waals surface area contributed by atoms with Crippen molar-refractivity contribution in [2.75, 3.05) is 13.1 Å². The van der Waals surface area contributed by atoms with E-state index in [1.165, 1.54) is 0 Å². The summed E-state index contributed by atoms with van der Waals surface area (Å²) in [5.74, 6) is -1.37. The van der Waals surface area contributed by atoms with Gasteiger partial charge in [-0.2, -0.15) is 0 Å². The Bertz CT molecular complexity index is 741. The van der Waals surface area contributed by atoms with Crippen LogP contribution in [0.3, 0.4) is 0 Å². The molecule has 0 aromatic carbocycles. The first-order chi connectivity index (χ1) is 11.0. The van der Waals surface area contributed by atoms with Gasteiger partial charge in [0, 0.05) is 19.3 Å². The van der Waals surface area contributed by atoms with Crippen LogP contribution >= 0.6 is 0 Å². The molecule has 1 saturated heterocycles. The number of likely N-dealkylation sites (tertiary alicyclic amines) is 1. The van der Waals surface area contributed by atoms with Crippen LogP contribution in [0.5, 0.6) is 0 Å². The van der Waals surface area contributed by atoms with Crippen LogP contribution in [0.1, 0.15) is 23.0 Å². The molecule has 2 atom stereocenters. The summed E-state index contributed by atoms with van der Waals surface area (Å²) in [4.78, 5) is 29.8. The number of carbonyl (C=O) groups is 2. The van der Waals surface area contributed by atoms with Gasteiger partial charge >= 0.3 is 5.97 Å². The number of nitrogens with zero attached hydrogens (tertiary/aromatic N) is 3. The second-order valence-electron chi connectivity index (χ2n) is 5.81. The maximum Gasteiger partial charge on any atom is 0.308 e. The lowest BCUT2D eigenvalue weighted by Gasteiger charge is -2.15. The first kappa shape index (κ1) is 15.2. The van der Waals surface area contributed by atoms with Gasteiger partial charge in [-0.3, -0.25) is 14.6 Å². The Morgan fingerprint density at radius 1 is 1.35 bits per heavy atom. The van der Waals surface area contributed by atoms with E-state index in [2.05, 4.69) is 10.1 Å². The van der Waals surface area contributed by atoms with Crippen molar-refractivity contribution >= 4 is 11.9 Å². The SMILES string of the molecule is Cc1onc(-c2ccccn2)c1C(=O)N1C[C@@H](C)[C@H](C(=O)O)C1. The van der Waals surface area contributed by atoms with E-state index in [9.17, 15) is 14.7 Å². The minimum absolute atomic E-state index is 0.0880. The van der Waals surface area contributed by atoms with E-state index in [1.54, 1.807) is 36.2 Å². The molecule has 120 valence electrons. The molecular weight excluding hydrogens is 298 g/mol. The zero-order chi connectivity index (χ0) is 16.6. The number of carboxylic acid groups (broad SMARTS) is 1. The Labute approximate surface area is 132 Å². The maximum absolute atomic E-state index is 12.8. The van der Waals surface area contributed by atoms with Crippen LogP contribution in [-0.2, 0) is 4.79 Å². The molecule has 1 fully saturated rings. The van der Waals surface area contributed by atoms with Crippen molar-refractivity contribution in [1.82, 2.24) is 15.0 Å². The molecule has 0 unspecified atom stereocenters. The summed E-state index contributed by atoms with van der Waals surface area (Å²) in [6, 6.07) is 5.33. The molecule has 3 heterocycles. The van der Waals surface area contributed by atoms with Gasteiger partial charge < -0.3 is 14.5 Å². The van der Waals surface area contributed by atoms with Gasteiger partial charge in [0.05, 0.1) is 11.6 Å². The van der Waals surface area contributed by atoms with Crippen molar-refractivity contribution in [2.45, 2.75) is 13.8 Å². The summed E-state index contributed by atoms with van der Waals surface area (Å²) in [6.07, 6.45) is 1.62. The summed E-state index contributed by atoms with van der Waals surface area (Å²) >= 11 is 0. The first-order valence-corrected chi connectivity index (χ1v) is 7.38. The smallest absolute Gasteiger partial charge is 0.308 e. The minimum atomic E-state index is -0.875. The van der Waals surface area contributed by atoms with Crippen LogP contribution in [0.2, 0.25) is 0 Å². The van der Waals surface area contributed by atoms with Gasteiger partial charge in [-0.25, -0.2) is 0 Å². The highest BCUT2D eigenvalue weighted by Gasteiger charge is 2.39. The Balaban J connectivity index is 1.92. The lowest BCUT2D eigenvalue weighted by atomic mass is 9.99. The third-order valence-electron chi connectivity index (χ3n) is 4.20. The number of aliphatic carboxylic acids is 1. The van der Waals surface area contributed by atoms with E-state index in [1.807, 2.05) is 6.92 Å². The molecule has 1 amide bonds. The summed E-state index contributed by atoms with van der Waals surface area (Å²) in [7, 11) is 0. The number of carbonyl (C=O) groups excluding carboxylic acids is 1. The van der Waals surface area contributed by atoms with Crippen molar-refractivity contribution in [3.8, 4) is 11.4 Å². The number of hydrogen-bond donors (Lipinski definition) is 1. The highest BCUT2D eigenvalue weighted by molar-refractivity contribution is 6.00. The van der Waals surface area contributed by atoms with Crippen LogP contribution in [0.25, 0.3) is 11.4 Å². The monoisotopic (exact) mass is 315 g/mol. The molecule has 0 aliphatic carbocycles. The van der Waals surface area contributed by atoms with Crippen LogP contribution < -0.4 is 0 Å². The van der Waals surface area contributed by atoms with Crippen LogP contribution in [-0.4, -0.2) is 45.1 Å². The minimum Gasteiger partial charge on any atom is -0.481 e. The number of carboxylic acids is 1. The quantitative estimate of drug-likeness (QED) is 0.928. The molecule has 7 heteroatoms. The second-order valence-corrected chi connectivity index (χ2v) is 5.81. The number of rotatable bonds is 3. The largest absolute Gasteiger partial charge is 0.481 e. The molecule has 0 radical (unpaired) electrons.